The zero-order valence-corrected chi connectivity index (χ0v) is 20.5. The van der Waals surface area contributed by atoms with Crippen molar-refractivity contribution in [2.45, 2.75) is 64.3 Å². The van der Waals surface area contributed by atoms with Crippen LogP contribution in [0.1, 0.15) is 55.7 Å². The van der Waals surface area contributed by atoms with E-state index in [0.717, 1.165) is 49.3 Å². The van der Waals surface area contributed by atoms with Crippen molar-refractivity contribution in [2.75, 3.05) is 27.3 Å². The Morgan fingerprint density at radius 3 is 2.71 bits per heavy atom. The molecule has 0 fully saturated rings. The number of phenolic OH excluding ortho intramolecular Hbond substituents is 1. The molecule has 0 spiro atoms. The molecule has 2 aromatic carbocycles. The number of methoxy groups -OCH3 is 2. The molecule has 2 aromatic rings. The van der Waals surface area contributed by atoms with Gasteiger partial charge in [0.15, 0.2) is 17.2 Å². The van der Waals surface area contributed by atoms with E-state index in [1.165, 1.54) is 42.5 Å². The quantitative estimate of drug-likeness (QED) is 0.246. The number of phenols is 1. The fourth-order valence-electron chi connectivity index (χ4n) is 4.74. The predicted octanol–water partition coefficient (Wildman–Crippen LogP) is 4.80. The molecule has 8 heteroatoms. The van der Waals surface area contributed by atoms with Crippen LogP contribution in [0.5, 0.6) is 17.2 Å². The summed E-state index contributed by atoms with van der Waals surface area (Å²) >= 11 is 0. The summed E-state index contributed by atoms with van der Waals surface area (Å²) in [6.07, 6.45) is 8.27. The number of ether oxygens (including phenoxy) is 2. The third-order valence-corrected chi connectivity index (χ3v) is 6.59. The Hall–Kier alpha value is -2.84. The highest BCUT2D eigenvalue weighted by molar-refractivity contribution is 5.52. The molecule has 2 N–H and O–H groups in total. The normalized spacial score (nSPS) is 15.2. The number of nitro groups is 1. The second-order valence-corrected chi connectivity index (χ2v) is 8.83. The van der Waals surface area contributed by atoms with Gasteiger partial charge in [-0.2, -0.15) is 0 Å². The summed E-state index contributed by atoms with van der Waals surface area (Å²) in [5.41, 5.74) is 6.72. The van der Waals surface area contributed by atoms with Gasteiger partial charge in [0.2, 0.25) is 0 Å². The molecule has 0 amide bonds. The van der Waals surface area contributed by atoms with E-state index in [0.29, 0.717) is 19.0 Å². The summed E-state index contributed by atoms with van der Waals surface area (Å²) in [7, 11) is 3.36. The van der Waals surface area contributed by atoms with Gasteiger partial charge in [-0.3, -0.25) is 15.5 Å². The molecule has 0 aromatic heterocycles. The molecular formula is C26H37N3O5. The maximum atomic E-state index is 11.1. The minimum atomic E-state index is -0.547. The van der Waals surface area contributed by atoms with E-state index in [-0.39, 0.29) is 11.4 Å². The lowest BCUT2D eigenvalue weighted by Gasteiger charge is -2.36. The van der Waals surface area contributed by atoms with Crippen LogP contribution < -0.4 is 14.9 Å². The fraction of sp³-hybridized carbons (Fsp3) is 0.538. The van der Waals surface area contributed by atoms with Gasteiger partial charge in [0.05, 0.1) is 19.1 Å². The molecule has 1 atom stereocenters. The van der Waals surface area contributed by atoms with Crippen LogP contribution in [-0.4, -0.2) is 48.4 Å². The average Bonchev–Trinajstić information content (AvgIpc) is 2.85. The van der Waals surface area contributed by atoms with Crippen LogP contribution in [0.3, 0.4) is 0 Å². The first-order chi connectivity index (χ1) is 16.5. The first-order valence-corrected chi connectivity index (χ1v) is 12.2. The number of fused-ring (bicyclic) bond motifs is 1. The van der Waals surface area contributed by atoms with Crippen molar-refractivity contribution in [2.24, 2.45) is 0 Å². The average molecular weight is 472 g/mol. The van der Waals surface area contributed by atoms with Gasteiger partial charge >= 0.3 is 5.69 Å². The van der Waals surface area contributed by atoms with Crippen LogP contribution in [0.4, 0.5) is 5.69 Å². The molecule has 0 saturated heterocycles. The largest absolute Gasteiger partial charge is 0.502 e. The Balaban J connectivity index is 1.68. The van der Waals surface area contributed by atoms with Gasteiger partial charge < -0.3 is 14.6 Å². The van der Waals surface area contributed by atoms with E-state index in [2.05, 4.69) is 23.4 Å². The van der Waals surface area contributed by atoms with Gasteiger partial charge in [0, 0.05) is 30.8 Å². The van der Waals surface area contributed by atoms with Crippen molar-refractivity contribution in [3.63, 3.8) is 0 Å². The van der Waals surface area contributed by atoms with Gasteiger partial charge in [0.25, 0.3) is 0 Å². The van der Waals surface area contributed by atoms with Gasteiger partial charge in [0.1, 0.15) is 0 Å². The Kier molecular flexibility index (Phi) is 9.53. The number of hydrogen-bond acceptors (Lipinski definition) is 7. The minimum absolute atomic E-state index is 0.248. The maximum absolute atomic E-state index is 11.1. The van der Waals surface area contributed by atoms with E-state index >= 15 is 0 Å². The van der Waals surface area contributed by atoms with E-state index in [1.807, 2.05) is 6.07 Å². The van der Waals surface area contributed by atoms with Gasteiger partial charge in [-0.1, -0.05) is 38.3 Å². The van der Waals surface area contributed by atoms with Crippen LogP contribution in [0, 0.1) is 10.1 Å². The Morgan fingerprint density at radius 2 is 2.00 bits per heavy atom. The maximum Gasteiger partial charge on any atom is 0.310 e. The van der Waals surface area contributed by atoms with Gasteiger partial charge in [-0.15, -0.1) is 0 Å². The third-order valence-electron chi connectivity index (χ3n) is 6.59. The highest BCUT2D eigenvalue weighted by Gasteiger charge is 2.27. The number of unbranched alkanes of at least 4 members (excludes halogenated alkanes) is 3. The van der Waals surface area contributed by atoms with E-state index < -0.39 is 4.92 Å². The van der Waals surface area contributed by atoms with Crippen molar-refractivity contribution in [3.8, 4) is 17.2 Å². The molecule has 0 radical (unpaired) electrons. The smallest absolute Gasteiger partial charge is 0.310 e. The summed E-state index contributed by atoms with van der Waals surface area (Å²) in [5.74, 6) is 1.32. The molecule has 3 rings (SSSR count). The lowest BCUT2D eigenvalue weighted by Crippen LogP contribution is -2.49. The molecule has 34 heavy (non-hydrogen) atoms. The standard InChI is InChI=1S/C26H37N3O5/c1-4-5-6-7-16-28(27-15-14-19-8-12-24(30)23(17-19)29(31)32)21-10-11-22-20(18-21)9-13-25(33-2)26(22)34-3/h8-9,12-13,17,21,27,30H,4-7,10-11,14-16,18H2,1-3H3. The van der Waals surface area contributed by atoms with Crippen molar-refractivity contribution in [1.29, 1.82) is 0 Å². The molecule has 0 saturated carbocycles. The highest BCUT2D eigenvalue weighted by Crippen LogP contribution is 2.38. The summed E-state index contributed by atoms with van der Waals surface area (Å²) < 4.78 is 11.1. The topological polar surface area (TPSA) is 97.1 Å². The van der Waals surface area contributed by atoms with Crippen LogP contribution in [-0.2, 0) is 19.3 Å². The molecular weight excluding hydrogens is 434 g/mol. The third kappa shape index (κ3) is 6.39. The van der Waals surface area contributed by atoms with Crippen molar-refractivity contribution in [3.05, 3.63) is 57.1 Å². The zero-order chi connectivity index (χ0) is 24.5. The van der Waals surface area contributed by atoms with Gasteiger partial charge in [-0.25, -0.2) is 5.01 Å². The number of aromatic hydroxyl groups is 1. The summed E-state index contributed by atoms with van der Waals surface area (Å²) in [6, 6.07) is 9.09. The highest BCUT2D eigenvalue weighted by atomic mass is 16.6. The number of nitrogens with one attached hydrogen (secondary N) is 1. The summed E-state index contributed by atoms with van der Waals surface area (Å²) in [4.78, 5) is 10.6. The number of nitro benzene ring substituents is 1. The number of rotatable bonds is 13. The monoisotopic (exact) mass is 471 g/mol. The first kappa shape index (κ1) is 25.8. The molecule has 1 unspecified atom stereocenters. The minimum Gasteiger partial charge on any atom is -0.502 e. The molecule has 1 aliphatic carbocycles. The van der Waals surface area contributed by atoms with Crippen molar-refractivity contribution < 1.29 is 19.5 Å². The molecule has 186 valence electrons. The lowest BCUT2D eigenvalue weighted by atomic mass is 9.87. The number of hydrazine groups is 1. The fourth-order valence-corrected chi connectivity index (χ4v) is 4.74. The Morgan fingerprint density at radius 1 is 1.18 bits per heavy atom. The first-order valence-electron chi connectivity index (χ1n) is 12.2. The van der Waals surface area contributed by atoms with Crippen LogP contribution >= 0.6 is 0 Å². The predicted molar refractivity (Wildman–Crippen MR) is 133 cm³/mol. The Bertz CT molecular complexity index is 966. The van der Waals surface area contributed by atoms with Crippen LogP contribution in [0.15, 0.2) is 30.3 Å². The number of hydrogen-bond donors (Lipinski definition) is 2. The van der Waals surface area contributed by atoms with E-state index in [9.17, 15) is 15.2 Å². The molecule has 0 aliphatic heterocycles. The second kappa shape index (κ2) is 12.6. The number of nitrogens with zero attached hydrogens (tertiary/aromatic N) is 2. The molecule has 0 bridgehead atoms. The zero-order valence-electron chi connectivity index (χ0n) is 20.5. The summed E-state index contributed by atoms with van der Waals surface area (Å²) in [6.45, 7) is 3.85. The SMILES string of the molecule is CCCCCCN(NCCc1ccc(O)c([N+](=O)[O-])c1)C1CCc2c(ccc(OC)c2OC)C1. The summed E-state index contributed by atoms with van der Waals surface area (Å²) in [5, 5.41) is 23.2. The second-order valence-electron chi connectivity index (χ2n) is 8.83. The van der Waals surface area contributed by atoms with Crippen LogP contribution in [0.25, 0.3) is 0 Å². The van der Waals surface area contributed by atoms with Crippen molar-refractivity contribution in [1.82, 2.24) is 10.4 Å². The lowest BCUT2D eigenvalue weighted by molar-refractivity contribution is -0.385. The van der Waals surface area contributed by atoms with E-state index in [1.54, 1.807) is 20.3 Å². The van der Waals surface area contributed by atoms with Crippen LogP contribution in [0.2, 0.25) is 0 Å². The van der Waals surface area contributed by atoms with Crippen molar-refractivity contribution >= 4 is 5.69 Å². The molecule has 8 nitrogen and oxygen atoms in total. The molecule has 0 heterocycles. The van der Waals surface area contributed by atoms with Gasteiger partial charge in [-0.05, 0) is 55.4 Å². The molecule has 1 aliphatic rings. The van der Waals surface area contributed by atoms with E-state index in [4.69, 9.17) is 9.47 Å². The number of benzene rings is 2. The Labute approximate surface area is 202 Å².